The van der Waals surface area contributed by atoms with E-state index in [1.807, 2.05) is 54.6 Å². The van der Waals surface area contributed by atoms with E-state index < -0.39 is 12.1 Å². The largest absolute Gasteiger partial charge is 0.356 e. The Kier molecular flexibility index (Phi) is 5.74. The number of para-hydroxylation sites is 2. The number of carbonyl (C=O) groups is 3. The Balaban J connectivity index is 1.22. The first-order chi connectivity index (χ1) is 14.6. The number of rotatable bonds is 8. The summed E-state index contributed by atoms with van der Waals surface area (Å²) in [5.74, 6) is 0.237. The summed E-state index contributed by atoms with van der Waals surface area (Å²) in [6, 6.07) is 15.8. The van der Waals surface area contributed by atoms with Crippen LogP contribution in [-0.2, 0) is 22.6 Å². The van der Waals surface area contributed by atoms with E-state index in [1.165, 1.54) is 0 Å². The second-order valence-corrected chi connectivity index (χ2v) is 7.27. The van der Waals surface area contributed by atoms with Crippen LogP contribution >= 0.6 is 0 Å². The van der Waals surface area contributed by atoms with E-state index in [2.05, 4.69) is 20.6 Å². The lowest BCUT2D eigenvalue weighted by molar-refractivity contribution is -0.131. The molecule has 8 nitrogen and oxygen atoms in total. The number of imide groups is 1. The highest BCUT2D eigenvalue weighted by Crippen LogP contribution is 2.14. The Hall–Kier alpha value is -3.68. The number of aryl methyl sites for hydroxylation is 1. The van der Waals surface area contributed by atoms with Crippen LogP contribution in [0.2, 0.25) is 0 Å². The van der Waals surface area contributed by atoms with E-state index in [0.717, 1.165) is 33.7 Å². The molecule has 4 amide bonds. The van der Waals surface area contributed by atoms with Gasteiger partial charge in [-0.3, -0.25) is 14.5 Å². The standard InChI is InChI=1S/C22H23N5O3/c28-20(23-12-6-11-19-24-16-9-4-5-10-17(16)25-19)13-18-21(29)27(22(30)26-18)14-15-7-2-1-3-8-15/h1-5,7-10,18H,6,11-14H2,(H,23,28)(H,24,25)(H,26,30)/t18-/m0/s1. The van der Waals surface area contributed by atoms with E-state index in [9.17, 15) is 14.4 Å². The minimum Gasteiger partial charge on any atom is -0.356 e. The highest BCUT2D eigenvalue weighted by atomic mass is 16.2. The Morgan fingerprint density at radius 2 is 1.83 bits per heavy atom. The van der Waals surface area contributed by atoms with Crippen LogP contribution in [0.3, 0.4) is 0 Å². The molecule has 4 rings (SSSR count). The van der Waals surface area contributed by atoms with Gasteiger partial charge in [-0.05, 0) is 24.1 Å². The number of urea groups is 1. The summed E-state index contributed by atoms with van der Waals surface area (Å²) in [6.07, 6.45) is 1.36. The quantitative estimate of drug-likeness (QED) is 0.394. The molecule has 2 aromatic carbocycles. The van der Waals surface area contributed by atoms with Gasteiger partial charge in [0.15, 0.2) is 0 Å². The average Bonchev–Trinajstić information content (AvgIpc) is 3.28. The topological polar surface area (TPSA) is 107 Å². The number of imidazole rings is 1. The lowest BCUT2D eigenvalue weighted by Crippen LogP contribution is -2.36. The van der Waals surface area contributed by atoms with Gasteiger partial charge in [0, 0.05) is 13.0 Å². The van der Waals surface area contributed by atoms with Crippen LogP contribution in [0.5, 0.6) is 0 Å². The van der Waals surface area contributed by atoms with Gasteiger partial charge in [-0.2, -0.15) is 0 Å². The molecule has 0 unspecified atom stereocenters. The van der Waals surface area contributed by atoms with Gasteiger partial charge in [0.25, 0.3) is 5.91 Å². The van der Waals surface area contributed by atoms with Crippen molar-refractivity contribution < 1.29 is 14.4 Å². The molecule has 1 aromatic heterocycles. The first kappa shape index (κ1) is 19.6. The molecule has 1 saturated heterocycles. The van der Waals surface area contributed by atoms with Crippen LogP contribution < -0.4 is 10.6 Å². The fourth-order valence-corrected chi connectivity index (χ4v) is 3.50. The van der Waals surface area contributed by atoms with E-state index in [-0.39, 0.29) is 24.8 Å². The number of benzene rings is 2. The Morgan fingerprint density at radius 3 is 2.63 bits per heavy atom. The molecule has 154 valence electrons. The highest BCUT2D eigenvalue weighted by Gasteiger charge is 2.38. The summed E-state index contributed by atoms with van der Waals surface area (Å²) < 4.78 is 0. The molecule has 0 saturated carbocycles. The maximum Gasteiger partial charge on any atom is 0.325 e. The number of hydrogen-bond acceptors (Lipinski definition) is 4. The molecule has 0 radical (unpaired) electrons. The number of fused-ring (bicyclic) bond motifs is 1. The van der Waals surface area contributed by atoms with Crippen molar-refractivity contribution in [3.63, 3.8) is 0 Å². The normalized spacial score (nSPS) is 16.1. The van der Waals surface area contributed by atoms with Gasteiger partial charge in [-0.15, -0.1) is 0 Å². The lowest BCUT2D eigenvalue weighted by atomic mass is 10.1. The second-order valence-electron chi connectivity index (χ2n) is 7.27. The van der Waals surface area contributed by atoms with Gasteiger partial charge in [0.1, 0.15) is 11.9 Å². The van der Waals surface area contributed by atoms with Crippen LogP contribution in [0.4, 0.5) is 4.79 Å². The second kappa shape index (κ2) is 8.77. The first-order valence-corrected chi connectivity index (χ1v) is 9.96. The number of aromatic nitrogens is 2. The smallest absolute Gasteiger partial charge is 0.325 e. The van der Waals surface area contributed by atoms with Crippen LogP contribution in [0.25, 0.3) is 11.0 Å². The summed E-state index contributed by atoms with van der Waals surface area (Å²) in [5, 5.41) is 5.41. The number of nitrogens with one attached hydrogen (secondary N) is 3. The summed E-state index contributed by atoms with van der Waals surface area (Å²) in [5.41, 5.74) is 2.77. The predicted molar refractivity (Wildman–Crippen MR) is 111 cm³/mol. The molecule has 2 heterocycles. The van der Waals surface area contributed by atoms with Crippen LogP contribution in [0.1, 0.15) is 24.2 Å². The third-order valence-corrected chi connectivity index (χ3v) is 5.03. The molecule has 0 aliphatic carbocycles. The Labute approximate surface area is 173 Å². The molecule has 1 atom stereocenters. The molecule has 1 aliphatic heterocycles. The molecular formula is C22H23N5O3. The highest BCUT2D eigenvalue weighted by molar-refractivity contribution is 6.05. The molecular weight excluding hydrogens is 382 g/mol. The van der Waals surface area contributed by atoms with Crippen molar-refractivity contribution in [2.75, 3.05) is 6.54 Å². The van der Waals surface area contributed by atoms with Gasteiger partial charge in [-0.1, -0.05) is 42.5 Å². The molecule has 30 heavy (non-hydrogen) atoms. The van der Waals surface area contributed by atoms with Crippen LogP contribution in [0.15, 0.2) is 54.6 Å². The number of aromatic amines is 1. The number of H-pyrrole nitrogens is 1. The van der Waals surface area contributed by atoms with Crippen LogP contribution in [0, 0.1) is 0 Å². The first-order valence-electron chi connectivity index (χ1n) is 9.96. The number of amides is 4. The minimum absolute atomic E-state index is 0.0689. The summed E-state index contributed by atoms with van der Waals surface area (Å²) in [6.45, 7) is 0.666. The zero-order valence-electron chi connectivity index (χ0n) is 16.4. The molecule has 1 fully saturated rings. The van der Waals surface area contributed by atoms with Gasteiger partial charge in [0.05, 0.1) is 24.0 Å². The zero-order chi connectivity index (χ0) is 20.9. The Morgan fingerprint density at radius 1 is 1.07 bits per heavy atom. The van der Waals surface area contributed by atoms with E-state index in [4.69, 9.17) is 0 Å². The molecule has 8 heteroatoms. The summed E-state index contributed by atoms with van der Waals surface area (Å²) in [7, 11) is 0. The molecule has 3 aromatic rings. The average molecular weight is 405 g/mol. The number of hydrogen-bond donors (Lipinski definition) is 3. The maximum atomic E-state index is 12.5. The van der Waals surface area contributed by atoms with Crippen molar-refractivity contribution >= 4 is 28.9 Å². The van der Waals surface area contributed by atoms with Crippen molar-refractivity contribution in [3.8, 4) is 0 Å². The van der Waals surface area contributed by atoms with Crippen molar-refractivity contribution in [2.45, 2.75) is 31.8 Å². The minimum atomic E-state index is -0.823. The van der Waals surface area contributed by atoms with Crippen molar-refractivity contribution in [3.05, 3.63) is 66.0 Å². The zero-order valence-corrected chi connectivity index (χ0v) is 16.4. The molecule has 0 bridgehead atoms. The van der Waals surface area contributed by atoms with Gasteiger partial charge < -0.3 is 15.6 Å². The number of carbonyl (C=O) groups excluding carboxylic acids is 3. The van der Waals surface area contributed by atoms with Crippen molar-refractivity contribution in [1.29, 1.82) is 0 Å². The Bertz CT molecular complexity index is 1030. The lowest BCUT2D eigenvalue weighted by Gasteiger charge is -2.13. The van der Waals surface area contributed by atoms with Crippen molar-refractivity contribution in [2.24, 2.45) is 0 Å². The molecule has 3 N–H and O–H groups in total. The number of nitrogens with zero attached hydrogens (tertiary/aromatic N) is 2. The van der Waals surface area contributed by atoms with Crippen molar-refractivity contribution in [1.82, 2.24) is 25.5 Å². The van der Waals surface area contributed by atoms with Gasteiger partial charge in [0.2, 0.25) is 5.91 Å². The SMILES string of the molecule is O=C(C[C@@H]1NC(=O)N(Cc2ccccc2)C1=O)NCCCc1nc2ccccc2[nH]1. The van der Waals surface area contributed by atoms with E-state index in [1.54, 1.807) is 0 Å². The monoisotopic (exact) mass is 405 g/mol. The van der Waals surface area contributed by atoms with E-state index in [0.29, 0.717) is 13.0 Å². The van der Waals surface area contributed by atoms with Gasteiger partial charge >= 0.3 is 6.03 Å². The van der Waals surface area contributed by atoms with Crippen LogP contribution in [-0.4, -0.2) is 45.3 Å². The maximum absolute atomic E-state index is 12.5. The molecule has 0 spiro atoms. The summed E-state index contributed by atoms with van der Waals surface area (Å²) in [4.78, 5) is 45.8. The summed E-state index contributed by atoms with van der Waals surface area (Å²) >= 11 is 0. The molecule has 1 aliphatic rings. The fraction of sp³-hybridized carbons (Fsp3) is 0.273. The predicted octanol–water partition coefficient (Wildman–Crippen LogP) is 2.12. The third kappa shape index (κ3) is 4.48. The third-order valence-electron chi connectivity index (χ3n) is 5.03. The van der Waals surface area contributed by atoms with Gasteiger partial charge in [-0.25, -0.2) is 9.78 Å². The fourth-order valence-electron chi connectivity index (χ4n) is 3.50. The van der Waals surface area contributed by atoms with E-state index >= 15 is 0 Å².